The van der Waals surface area contributed by atoms with E-state index in [1.54, 1.807) is 46.2 Å². The number of aromatic nitrogens is 4. The fourth-order valence-electron chi connectivity index (χ4n) is 3.76. The summed E-state index contributed by atoms with van der Waals surface area (Å²) < 4.78 is 22.1. The first-order chi connectivity index (χ1) is 15.2. The van der Waals surface area contributed by atoms with Crippen LogP contribution in [0, 0.1) is 0 Å². The number of alkyl halides is 1. The SMILES string of the molecule is O=C(c1cccc(-n2ccnn2)c1)N1CC[C@@H](F)[C@@H](Oc2ccc3ccccc3n2)C1. The number of benzene rings is 2. The highest BCUT2D eigenvalue weighted by Gasteiger charge is 2.34. The lowest BCUT2D eigenvalue weighted by atomic mass is 10.0. The van der Waals surface area contributed by atoms with E-state index in [1.807, 2.05) is 36.4 Å². The molecule has 8 heteroatoms. The molecule has 2 aromatic carbocycles. The van der Waals surface area contributed by atoms with Crippen LogP contribution in [0.1, 0.15) is 16.8 Å². The zero-order valence-electron chi connectivity index (χ0n) is 16.6. The number of ether oxygens (including phenoxy) is 1. The molecule has 1 fully saturated rings. The molecular weight excluding hydrogens is 397 g/mol. The third-order valence-electron chi connectivity index (χ3n) is 5.39. The van der Waals surface area contributed by atoms with Crippen LogP contribution in [-0.2, 0) is 0 Å². The van der Waals surface area contributed by atoms with Crippen molar-refractivity contribution in [2.45, 2.75) is 18.7 Å². The van der Waals surface area contributed by atoms with Crippen molar-refractivity contribution in [3.05, 3.63) is 78.6 Å². The highest BCUT2D eigenvalue weighted by molar-refractivity contribution is 5.94. The maximum atomic E-state index is 14.6. The zero-order chi connectivity index (χ0) is 21.2. The number of carbonyl (C=O) groups excluding carboxylic acids is 1. The first-order valence-electron chi connectivity index (χ1n) is 10.1. The number of carbonyl (C=O) groups is 1. The summed E-state index contributed by atoms with van der Waals surface area (Å²) in [5.41, 5.74) is 2.02. The Bertz CT molecular complexity index is 1210. The molecule has 4 aromatic rings. The van der Waals surface area contributed by atoms with Gasteiger partial charge in [0.25, 0.3) is 5.91 Å². The van der Waals surface area contributed by atoms with Crippen LogP contribution in [0.2, 0.25) is 0 Å². The predicted molar refractivity (Wildman–Crippen MR) is 113 cm³/mol. The van der Waals surface area contributed by atoms with Crippen molar-refractivity contribution >= 4 is 16.8 Å². The number of rotatable bonds is 4. The number of amides is 1. The lowest BCUT2D eigenvalue weighted by Crippen LogP contribution is -2.50. The van der Waals surface area contributed by atoms with Crippen LogP contribution in [-0.4, -0.2) is 56.2 Å². The Hall–Kier alpha value is -3.81. The fourth-order valence-corrected chi connectivity index (χ4v) is 3.76. The highest BCUT2D eigenvalue weighted by Crippen LogP contribution is 2.23. The number of hydrogen-bond donors (Lipinski definition) is 0. The molecule has 1 saturated heterocycles. The normalized spacial score (nSPS) is 18.8. The fraction of sp³-hybridized carbons (Fsp3) is 0.217. The minimum atomic E-state index is -1.17. The summed E-state index contributed by atoms with van der Waals surface area (Å²) in [4.78, 5) is 19.2. The van der Waals surface area contributed by atoms with Crippen LogP contribution in [0.4, 0.5) is 4.39 Å². The van der Waals surface area contributed by atoms with Gasteiger partial charge >= 0.3 is 0 Å². The van der Waals surface area contributed by atoms with Gasteiger partial charge in [0.15, 0.2) is 0 Å². The quantitative estimate of drug-likeness (QED) is 0.509. The molecule has 2 atom stereocenters. The molecular formula is C23H20FN5O2. The molecule has 0 unspecified atom stereocenters. The molecule has 1 amide bonds. The molecule has 1 aliphatic heterocycles. The Morgan fingerprint density at radius 2 is 2.00 bits per heavy atom. The van der Waals surface area contributed by atoms with Gasteiger partial charge in [0.05, 0.1) is 30.1 Å². The van der Waals surface area contributed by atoms with Crippen molar-refractivity contribution in [1.82, 2.24) is 24.9 Å². The summed E-state index contributed by atoms with van der Waals surface area (Å²) in [6.45, 7) is 0.487. The topological polar surface area (TPSA) is 73.1 Å². The summed E-state index contributed by atoms with van der Waals surface area (Å²) >= 11 is 0. The van der Waals surface area contributed by atoms with Crippen LogP contribution >= 0.6 is 0 Å². The Morgan fingerprint density at radius 3 is 2.87 bits per heavy atom. The third kappa shape index (κ3) is 3.96. The zero-order valence-corrected chi connectivity index (χ0v) is 16.6. The standard InChI is InChI=1S/C23H20FN5O2/c24-19-10-12-28(23(30)17-5-3-6-18(14-17)29-13-11-25-27-29)15-21(19)31-22-9-8-16-4-1-2-7-20(16)26-22/h1-9,11,13-14,19,21H,10,12,15H2/t19-,21+/m1/s1. The highest BCUT2D eigenvalue weighted by atomic mass is 19.1. The second kappa shape index (κ2) is 8.14. The number of pyridine rings is 1. The molecule has 7 nitrogen and oxygen atoms in total. The van der Waals surface area contributed by atoms with E-state index >= 15 is 0 Å². The van der Waals surface area contributed by atoms with Gasteiger partial charge in [-0.15, -0.1) is 5.10 Å². The summed E-state index contributed by atoms with van der Waals surface area (Å²) in [5.74, 6) is 0.183. The molecule has 156 valence electrons. The third-order valence-corrected chi connectivity index (χ3v) is 5.39. The van der Waals surface area contributed by atoms with Gasteiger partial charge in [-0.25, -0.2) is 14.1 Å². The minimum Gasteiger partial charge on any atom is -0.469 e. The molecule has 0 N–H and O–H groups in total. The number of hydrogen-bond acceptors (Lipinski definition) is 5. The molecule has 3 heterocycles. The van der Waals surface area contributed by atoms with E-state index in [2.05, 4.69) is 15.3 Å². The Balaban J connectivity index is 1.33. The summed E-state index contributed by atoms with van der Waals surface area (Å²) in [6, 6.07) is 18.4. The van der Waals surface area contributed by atoms with Crippen molar-refractivity contribution in [3.63, 3.8) is 0 Å². The average Bonchev–Trinajstić information content (AvgIpc) is 3.35. The summed E-state index contributed by atoms with van der Waals surface area (Å²) in [6.07, 6.45) is 1.55. The van der Waals surface area contributed by atoms with Gasteiger partial charge in [-0.05, 0) is 36.8 Å². The average molecular weight is 417 g/mol. The summed E-state index contributed by atoms with van der Waals surface area (Å²) in [7, 11) is 0. The van der Waals surface area contributed by atoms with Gasteiger partial charge in [-0.2, -0.15) is 0 Å². The number of fused-ring (bicyclic) bond motifs is 1. The van der Waals surface area contributed by atoms with Crippen molar-refractivity contribution in [2.75, 3.05) is 13.1 Å². The maximum Gasteiger partial charge on any atom is 0.254 e. The molecule has 0 bridgehead atoms. The Morgan fingerprint density at radius 1 is 1.10 bits per heavy atom. The van der Waals surface area contributed by atoms with Crippen LogP contribution in [0.3, 0.4) is 0 Å². The molecule has 0 aliphatic carbocycles. The monoisotopic (exact) mass is 417 g/mol. The smallest absolute Gasteiger partial charge is 0.254 e. The van der Waals surface area contributed by atoms with Gasteiger partial charge in [0, 0.05) is 23.6 Å². The predicted octanol–water partition coefficient (Wildman–Crippen LogP) is 3.45. The molecule has 5 rings (SSSR count). The van der Waals surface area contributed by atoms with Crippen molar-refractivity contribution in [1.29, 1.82) is 0 Å². The van der Waals surface area contributed by atoms with Crippen molar-refractivity contribution < 1.29 is 13.9 Å². The van der Waals surface area contributed by atoms with Crippen molar-refractivity contribution in [3.8, 4) is 11.6 Å². The Kier molecular flexibility index (Phi) is 5.03. The number of halogens is 1. The van der Waals surface area contributed by atoms with E-state index in [0.29, 0.717) is 18.0 Å². The lowest BCUT2D eigenvalue weighted by Gasteiger charge is -2.35. The lowest BCUT2D eigenvalue weighted by molar-refractivity contribution is 0.0167. The largest absolute Gasteiger partial charge is 0.469 e. The molecule has 31 heavy (non-hydrogen) atoms. The molecule has 0 spiro atoms. The van der Waals surface area contributed by atoms with Gasteiger partial charge in [-0.3, -0.25) is 4.79 Å². The van der Waals surface area contributed by atoms with E-state index in [1.165, 1.54) is 0 Å². The van der Waals surface area contributed by atoms with E-state index in [4.69, 9.17) is 4.74 Å². The minimum absolute atomic E-state index is 0.155. The van der Waals surface area contributed by atoms with Crippen LogP contribution in [0.5, 0.6) is 5.88 Å². The van der Waals surface area contributed by atoms with E-state index in [-0.39, 0.29) is 18.9 Å². The van der Waals surface area contributed by atoms with Gasteiger partial charge in [0.1, 0.15) is 12.3 Å². The molecule has 0 radical (unpaired) electrons. The van der Waals surface area contributed by atoms with E-state index in [9.17, 15) is 9.18 Å². The Labute approximate surface area is 178 Å². The second-order valence-corrected chi connectivity index (χ2v) is 7.45. The molecule has 1 aliphatic rings. The van der Waals surface area contributed by atoms with E-state index < -0.39 is 12.3 Å². The maximum absolute atomic E-state index is 14.6. The number of likely N-dealkylation sites (tertiary alicyclic amines) is 1. The van der Waals surface area contributed by atoms with Crippen LogP contribution in [0.15, 0.2) is 73.1 Å². The van der Waals surface area contributed by atoms with Gasteiger partial charge in [0.2, 0.25) is 5.88 Å². The second-order valence-electron chi connectivity index (χ2n) is 7.45. The number of nitrogens with zero attached hydrogens (tertiary/aromatic N) is 5. The van der Waals surface area contributed by atoms with Gasteiger partial charge < -0.3 is 9.64 Å². The molecule has 2 aromatic heterocycles. The van der Waals surface area contributed by atoms with Crippen LogP contribution in [0.25, 0.3) is 16.6 Å². The number of para-hydroxylation sites is 1. The van der Waals surface area contributed by atoms with Gasteiger partial charge in [-0.1, -0.05) is 29.5 Å². The van der Waals surface area contributed by atoms with E-state index in [0.717, 1.165) is 16.6 Å². The summed E-state index contributed by atoms with van der Waals surface area (Å²) in [5, 5.41) is 8.73. The van der Waals surface area contributed by atoms with Crippen LogP contribution < -0.4 is 4.74 Å². The first-order valence-corrected chi connectivity index (χ1v) is 10.1. The molecule has 0 saturated carbocycles. The first kappa shape index (κ1) is 19.2. The van der Waals surface area contributed by atoms with Crippen molar-refractivity contribution in [2.24, 2.45) is 0 Å². The number of piperidine rings is 1.